The maximum Gasteiger partial charge on any atom is 0.259 e. The number of nitrogens with one attached hydrogen (secondary N) is 1. The van der Waals surface area contributed by atoms with Crippen molar-refractivity contribution < 1.29 is 18.4 Å². The summed E-state index contributed by atoms with van der Waals surface area (Å²) < 4.78 is 24.3. The zero-order valence-corrected chi connectivity index (χ0v) is 17.6. The molecule has 1 N–H and O–H groups in total. The fraction of sp³-hybridized carbons (Fsp3) is 0.238. The maximum absolute atomic E-state index is 13.7. The SMILES string of the molecule is COc1ccc(F)cc1-c1csc(NC(=O)c2cc(C(C)C)nc3onc(C)c23)n1. The first-order valence-electron chi connectivity index (χ1n) is 9.25. The van der Waals surface area contributed by atoms with E-state index in [0.717, 1.165) is 5.69 Å². The molecule has 0 fully saturated rings. The lowest BCUT2D eigenvalue weighted by molar-refractivity contribution is 0.102. The molecular weight excluding hydrogens is 407 g/mol. The summed E-state index contributed by atoms with van der Waals surface area (Å²) in [6.07, 6.45) is 0. The first-order chi connectivity index (χ1) is 14.4. The molecule has 0 aliphatic carbocycles. The molecule has 154 valence electrons. The Kier molecular flexibility index (Phi) is 5.21. The van der Waals surface area contributed by atoms with Crippen molar-refractivity contribution in [1.29, 1.82) is 0 Å². The number of benzene rings is 1. The van der Waals surface area contributed by atoms with Crippen molar-refractivity contribution in [2.24, 2.45) is 0 Å². The summed E-state index contributed by atoms with van der Waals surface area (Å²) in [4.78, 5) is 21.9. The number of fused-ring (bicyclic) bond motifs is 1. The molecule has 0 bridgehead atoms. The molecular formula is C21H19FN4O3S. The summed E-state index contributed by atoms with van der Waals surface area (Å²) in [7, 11) is 1.51. The number of thiazole rings is 1. The highest BCUT2D eigenvalue weighted by atomic mass is 32.1. The van der Waals surface area contributed by atoms with E-state index in [-0.39, 0.29) is 11.8 Å². The third kappa shape index (κ3) is 3.63. The molecule has 0 aliphatic rings. The van der Waals surface area contributed by atoms with E-state index in [0.29, 0.717) is 44.5 Å². The average molecular weight is 426 g/mol. The van der Waals surface area contributed by atoms with Crippen LogP contribution in [-0.4, -0.2) is 28.1 Å². The molecule has 0 aliphatic heterocycles. The van der Waals surface area contributed by atoms with Crippen molar-refractivity contribution >= 4 is 33.5 Å². The third-order valence-corrected chi connectivity index (χ3v) is 5.39. The second-order valence-corrected chi connectivity index (χ2v) is 7.89. The average Bonchev–Trinajstić information content (AvgIpc) is 3.34. The first kappa shape index (κ1) is 20.0. The molecule has 7 nitrogen and oxygen atoms in total. The second-order valence-electron chi connectivity index (χ2n) is 7.03. The molecule has 4 aromatic rings. The molecule has 1 aromatic carbocycles. The summed E-state index contributed by atoms with van der Waals surface area (Å²) in [5.41, 5.74) is 3.08. The molecule has 3 heterocycles. The standard InChI is InChI=1S/C21H19FN4O3S/c1-10(2)15-8-14(18-11(3)26-29-20(18)23-15)19(27)25-21-24-16(9-30-21)13-7-12(22)5-6-17(13)28-4/h5-10H,1-4H3,(H,24,25,27). The number of pyridine rings is 1. The van der Waals surface area contributed by atoms with Crippen LogP contribution in [0.3, 0.4) is 0 Å². The quantitative estimate of drug-likeness (QED) is 0.473. The molecule has 0 unspecified atom stereocenters. The van der Waals surface area contributed by atoms with Crippen molar-refractivity contribution in [3.05, 3.63) is 52.4 Å². The highest BCUT2D eigenvalue weighted by molar-refractivity contribution is 7.14. The van der Waals surface area contributed by atoms with Gasteiger partial charge in [-0.25, -0.2) is 14.4 Å². The van der Waals surface area contributed by atoms with Crippen LogP contribution >= 0.6 is 11.3 Å². The van der Waals surface area contributed by atoms with Gasteiger partial charge in [0.05, 0.1) is 29.4 Å². The fourth-order valence-electron chi connectivity index (χ4n) is 3.09. The molecule has 3 aromatic heterocycles. The van der Waals surface area contributed by atoms with Crippen LogP contribution in [0.4, 0.5) is 9.52 Å². The Bertz CT molecular complexity index is 1250. The predicted molar refractivity (Wildman–Crippen MR) is 113 cm³/mol. The van der Waals surface area contributed by atoms with Crippen molar-refractivity contribution in [3.8, 4) is 17.0 Å². The molecule has 0 saturated carbocycles. The smallest absolute Gasteiger partial charge is 0.259 e. The maximum atomic E-state index is 13.7. The first-order valence-corrected chi connectivity index (χ1v) is 10.1. The van der Waals surface area contributed by atoms with Crippen LogP contribution in [0.2, 0.25) is 0 Å². The number of aromatic nitrogens is 3. The molecule has 0 radical (unpaired) electrons. The summed E-state index contributed by atoms with van der Waals surface area (Å²) in [6.45, 7) is 5.73. The van der Waals surface area contributed by atoms with E-state index < -0.39 is 5.82 Å². The summed E-state index contributed by atoms with van der Waals surface area (Å²) in [5, 5.41) is 9.44. The summed E-state index contributed by atoms with van der Waals surface area (Å²) >= 11 is 1.24. The summed E-state index contributed by atoms with van der Waals surface area (Å²) in [6, 6.07) is 5.95. The molecule has 0 atom stereocenters. The number of hydrogen-bond donors (Lipinski definition) is 1. The van der Waals surface area contributed by atoms with E-state index in [1.165, 1.54) is 36.6 Å². The van der Waals surface area contributed by atoms with Gasteiger partial charge < -0.3 is 9.26 Å². The number of halogens is 1. The molecule has 4 rings (SSSR count). The number of methoxy groups -OCH3 is 1. The van der Waals surface area contributed by atoms with Crippen LogP contribution in [0.25, 0.3) is 22.4 Å². The Morgan fingerprint density at radius 2 is 2.07 bits per heavy atom. The van der Waals surface area contributed by atoms with Gasteiger partial charge in [-0.1, -0.05) is 19.0 Å². The molecule has 30 heavy (non-hydrogen) atoms. The zero-order chi connectivity index (χ0) is 21.4. The molecule has 0 spiro atoms. The Morgan fingerprint density at radius 1 is 1.27 bits per heavy atom. The van der Waals surface area contributed by atoms with E-state index in [9.17, 15) is 9.18 Å². The van der Waals surface area contributed by atoms with E-state index in [1.807, 2.05) is 13.8 Å². The van der Waals surface area contributed by atoms with Gasteiger partial charge in [0, 0.05) is 16.6 Å². The van der Waals surface area contributed by atoms with Crippen LogP contribution in [0, 0.1) is 12.7 Å². The number of rotatable bonds is 5. The fourth-order valence-corrected chi connectivity index (χ4v) is 3.79. The number of anilines is 1. The Balaban J connectivity index is 1.68. The summed E-state index contributed by atoms with van der Waals surface area (Å²) in [5.74, 6) is -0.134. The van der Waals surface area contributed by atoms with E-state index in [2.05, 4.69) is 20.4 Å². The van der Waals surface area contributed by atoms with Gasteiger partial charge in [-0.15, -0.1) is 11.3 Å². The lowest BCUT2D eigenvalue weighted by atomic mass is 10.0. The van der Waals surface area contributed by atoms with Gasteiger partial charge in [-0.3, -0.25) is 10.1 Å². The molecule has 1 amide bonds. The van der Waals surface area contributed by atoms with Crippen LogP contribution < -0.4 is 10.1 Å². The monoisotopic (exact) mass is 426 g/mol. The van der Waals surface area contributed by atoms with Gasteiger partial charge in [0.2, 0.25) is 0 Å². The lowest BCUT2D eigenvalue weighted by Crippen LogP contribution is -2.13. The van der Waals surface area contributed by atoms with E-state index in [4.69, 9.17) is 9.26 Å². The van der Waals surface area contributed by atoms with Gasteiger partial charge >= 0.3 is 0 Å². The Labute approximate surface area is 175 Å². The topological polar surface area (TPSA) is 90.1 Å². The van der Waals surface area contributed by atoms with Gasteiger partial charge in [0.25, 0.3) is 11.6 Å². The highest BCUT2D eigenvalue weighted by Gasteiger charge is 2.21. The highest BCUT2D eigenvalue weighted by Crippen LogP contribution is 2.33. The number of carbonyl (C=O) groups excluding carboxylic acids is 1. The second kappa shape index (κ2) is 7.83. The number of aryl methyl sites for hydroxylation is 1. The number of hydrogen-bond acceptors (Lipinski definition) is 7. The van der Waals surface area contributed by atoms with Crippen LogP contribution in [0.15, 0.2) is 34.2 Å². The van der Waals surface area contributed by atoms with Gasteiger partial charge in [0.1, 0.15) is 11.6 Å². The van der Waals surface area contributed by atoms with Crippen molar-refractivity contribution in [2.75, 3.05) is 12.4 Å². The lowest BCUT2D eigenvalue weighted by Gasteiger charge is -2.08. The minimum absolute atomic E-state index is 0.110. The van der Waals surface area contributed by atoms with E-state index >= 15 is 0 Å². The minimum atomic E-state index is -0.396. The van der Waals surface area contributed by atoms with Crippen LogP contribution in [-0.2, 0) is 0 Å². The van der Waals surface area contributed by atoms with Gasteiger partial charge in [-0.05, 0) is 37.1 Å². The van der Waals surface area contributed by atoms with Crippen molar-refractivity contribution in [1.82, 2.24) is 15.1 Å². The van der Waals surface area contributed by atoms with Crippen LogP contribution in [0.1, 0.15) is 41.5 Å². The zero-order valence-electron chi connectivity index (χ0n) is 16.8. The number of ether oxygens (including phenoxy) is 1. The Morgan fingerprint density at radius 3 is 2.80 bits per heavy atom. The molecule has 0 saturated heterocycles. The predicted octanol–water partition coefficient (Wildman–Crippen LogP) is 5.18. The van der Waals surface area contributed by atoms with Crippen LogP contribution in [0.5, 0.6) is 5.75 Å². The minimum Gasteiger partial charge on any atom is -0.496 e. The van der Waals surface area contributed by atoms with Crippen molar-refractivity contribution in [2.45, 2.75) is 26.7 Å². The van der Waals surface area contributed by atoms with Gasteiger partial charge in [-0.2, -0.15) is 0 Å². The number of amides is 1. The largest absolute Gasteiger partial charge is 0.496 e. The van der Waals surface area contributed by atoms with E-state index in [1.54, 1.807) is 18.4 Å². The molecule has 9 heteroatoms. The number of carbonyl (C=O) groups is 1. The third-order valence-electron chi connectivity index (χ3n) is 4.64. The normalized spacial score (nSPS) is 11.3. The van der Waals surface area contributed by atoms with Gasteiger partial charge in [0.15, 0.2) is 5.13 Å². The number of nitrogens with zero attached hydrogens (tertiary/aromatic N) is 3. The van der Waals surface area contributed by atoms with Crippen molar-refractivity contribution in [3.63, 3.8) is 0 Å². The Hall–Kier alpha value is -3.33.